The van der Waals surface area contributed by atoms with Crippen LogP contribution in [0.5, 0.6) is 23.1 Å². The maximum absolute atomic E-state index is 6.28. The number of hydrogen-bond acceptors (Lipinski definition) is 4. The fourth-order valence-corrected chi connectivity index (χ4v) is 4.18. The minimum atomic E-state index is 0.540. The average molecular weight is 455 g/mol. The van der Waals surface area contributed by atoms with E-state index in [0.29, 0.717) is 17.4 Å². The Kier molecular flexibility index (Phi) is 5.45. The van der Waals surface area contributed by atoms with Gasteiger partial charge in [-0.2, -0.15) is 0 Å². The third-order valence-corrected chi connectivity index (χ3v) is 5.78. The van der Waals surface area contributed by atoms with Crippen LogP contribution in [0.2, 0.25) is 0 Å². The monoisotopic (exact) mass is 454 g/mol. The molecule has 0 aliphatic carbocycles. The molecule has 0 saturated carbocycles. The summed E-state index contributed by atoms with van der Waals surface area (Å²) in [7, 11) is 0. The molecule has 0 radical (unpaired) electrons. The number of para-hydroxylation sites is 2. The van der Waals surface area contributed by atoms with E-state index in [1.54, 1.807) is 6.20 Å². The zero-order valence-electron chi connectivity index (χ0n) is 18.9. The van der Waals surface area contributed by atoms with E-state index in [0.717, 1.165) is 33.9 Å². The molecule has 4 heteroatoms. The van der Waals surface area contributed by atoms with Crippen LogP contribution in [-0.2, 0) is 0 Å². The molecule has 0 bridgehead atoms. The summed E-state index contributed by atoms with van der Waals surface area (Å²) in [6, 6.07) is 38.1. The lowest BCUT2D eigenvalue weighted by Crippen LogP contribution is -2.11. The van der Waals surface area contributed by atoms with Crippen LogP contribution in [0.15, 0.2) is 121 Å². The Morgan fingerprint density at radius 3 is 2.06 bits per heavy atom. The zero-order chi connectivity index (χ0) is 23.5. The summed E-state index contributed by atoms with van der Waals surface area (Å²) in [5.41, 5.74) is 5.54. The number of benzene rings is 4. The minimum Gasteiger partial charge on any atom is -0.457 e. The molecule has 0 atom stereocenters. The molecule has 4 nitrogen and oxygen atoms in total. The third-order valence-electron chi connectivity index (χ3n) is 5.78. The van der Waals surface area contributed by atoms with Crippen LogP contribution in [0, 0.1) is 0 Å². The SMILES string of the molecule is C1=Cc2ccc(Oc3cccc(Oc4ccccn4)c3)cc2N(c2ccccc2)c2ccccc21. The number of hydrogen-bond donors (Lipinski definition) is 0. The van der Waals surface area contributed by atoms with Gasteiger partial charge < -0.3 is 14.4 Å². The lowest BCUT2D eigenvalue weighted by atomic mass is 10.1. The molecule has 6 rings (SSSR count). The van der Waals surface area contributed by atoms with Gasteiger partial charge in [-0.3, -0.25) is 0 Å². The summed E-state index contributed by atoms with van der Waals surface area (Å²) in [5.74, 6) is 2.64. The topological polar surface area (TPSA) is 34.6 Å². The van der Waals surface area contributed by atoms with Crippen molar-refractivity contribution < 1.29 is 9.47 Å². The number of nitrogens with zero attached hydrogens (tertiary/aromatic N) is 2. The van der Waals surface area contributed by atoms with Crippen LogP contribution in [0.25, 0.3) is 12.2 Å². The van der Waals surface area contributed by atoms with Gasteiger partial charge in [-0.05, 0) is 59.7 Å². The Bertz CT molecular complexity index is 1500. The van der Waals surface area contributed by atoms with Crippen LogP contribution in [0.3, 0.4) is 0 Å². The first-order valence-corrected chi connectivity index (χ1v) is 11.5. The van der Waals surface area contributed by atoms with Crippen LogP contribution in [-0.4, -0.2) is 4.98 Å². The van der Waals surface area contributed by atoms with Crippen molar-refractivity contribution >= 4 is 29.2 Å². The van der Waals surface area contributed by atoms with Crippen LogP contribution < -0.4 is 14.4 Å². The normalized spacial score (nSPS) is 11.8. The maximum Gasteiger partial charge on any atom is 0.219 e. The number of ether oxygens (including phenoxy) is 2. The van der Waals surface area contributed by atoms with Crippen molar-refractivity contribution in [3.8, 4) is 23.1 Å². The molecule has 35 heavy (non-hydrogen) atoms. The Labute approximate surface area is 204 Å². The van der Waals surface area contributed by atoms with E-state index in [2.05, 4.69) is 82.7 Å². The number of anilines is 3. The molecule has 0 saturated heterocycles. The van der Waals surface area contributed by atoms with Gasteiger partial charge in [-0.25, -0.2) is 4.98 Å². The van der Waals surface area contributed by atoms with Gasteiger partial charge in [0, 0.05) is 30.1 Å². The van der Waals surface area contributed by atoms with Gasteiger partial charge >= 0.3 is 0 Å². The summed E-state index contributed by atoms with van der Waals surface area (Å²) >= 11 is 0. The number of fused-ring (bicyclic) bond motifs is 2. The molecular weight excluding hydrogens is 432 g/mol. The number of pyridine rings is 1. The highest BCUT2D eigenvalue weighted by molar-refractivity contribution is 5.93. The van der Waals surface area contributed by atoms with E-state index in [4.69, 9.17) is 9.47 Å². The molecule has 2 heterocycles. The van der Waals surface area contributed by atoms with E-state index < -0.39 is 0 Å². The lowest BCUT2D eigenvalue weighted by molar-refractivity contribution is 0.449. The van der Waals surface area contributed by atoms with Crippen molar-refractivity contribution in [2.45, 2.75) is 0 Å². The van der Waals surface area contributed by atoms with Gasteiger partial charge in [-0.15, -0.1) is 0 Å². The molecule has 0 spiro atoms. The van der Waals surface area contributed by atoms with Crippen molar-refractivity contribution in [2.75, 3.05) is 4.90 Å². The first kappa shape index (κ1) is 20.8. The van der Waals surface area contributed by atoms with Gasteiger partial charge in [-0.1, -0.05) is 60.7 Å². The Hall–Kier alpha value is -4.83. The fourth-order valence-electron chi connectivity index (χ4n) is 4.18. The highest BCUT2D eigenvalue weighted by Crippen LogP contribution is 2.43. The van der Waals surface area contributed by atoms with E-state index in [1.807, 2.05) is 54.6 Å². The van der Waals surface area contributed by atoms with Crippen molar-refractivity contribution in [1.29, 1.82) is 0 Å². The van der Waals surface area contributed by atoms with Crippen molar-refractivity contribution in [1.82, 2.24) is 4.98 Å². The van der Waals surface area contributed by atoms with Crippen LogP contribution in [0.4, 0.5) is 17.1 Å². The van der Waals surface area contributed by atoms with Gasteiger partial charge in [0.2, 0.25) is 5.88 Å². The molecule has 1 aliphatic rings. The standard InChI is InChI=1S/C31H22N2O2/c1-2-10-25(11-3-1)33-29-14-5-4-9-23(29)16-17-24-18-19-28(22-30(24)33)34-26-12-8-13-27(21-26)35-31-15-6-7-20-32-31/h1-22H. The van der Waals surface area contributed by atoms with E-state index in [1.165, 1.54) is 0 Å². The second-order valence-corrected chi connectivity index (χ2v) is 8.13. The summed E-state index contributed by atoms with van der Waals surface area (Å²) in [6.45, 7) is 0. The van der Waals surface area contributed by atoms with Gasteiger partial charge in [0.15, 0.2) is 0 Å². The summed E-state index contributed by atoms with van der Waals surface area (Å²) in [6.07, 6.45) is 6.02. The molecule has 0 unspecified atom stereocenters. The molecular formula is C31H22N2O2. The maximum atomic E-state index is 6.28. The predicted molar refractivity (Wildman–Crippen MR) is 141 cm³/mol. The van der Waals surface area contributed by atoms with Crippen LogP contribution >= 0.6 is 0 Å². The average Bonchev–Trinajstić information content (AvgIpc) is 3.07. The van der Waals surface area contributed by atoms with E-state index in [-0.39, 0.29) is 0 Å². The van der Waals surface area contributed by atoms with Gasteiger partial charge in [0.05, 0.1) is 11.4 Å². The first-order chi connectivity index (χ1) is 17.3. The largest absolute Gasteiger partial charge is 0.457 e. The molecule has 0 amide bonds. The minimum absolute atomic E-state index is 0.540. The molecule has 0 fully saturated rings. The molecule has 5 aromatic rings. The Morgan fingerprint density at radius 1 is 0.514 bits per heavy atom. The molecule has 168 valence electrons. The highest BCUT2D eigenvalue weighted by Gasteiger charge is 2.20. The Balaban J connectivity index is 1.36. The molecule has 0 N–H and O–H groups in total. The fraction of sp³-hybridized carbons (Fsp3) is 0. The van der Waals surface area contributed by atoms with Gasteiger partial charge in [0.1, 0.15) is 17.2 Å². The summed E-state index contributed by atoms with van der Waals surface area (Å²) in [4.78, 5) is 6.50. The van der Waals surface area contributed by atoms with E-state index in [9.17, 15) is 0 Å². The third kappa shape index (κ3) is 4.37. The van der Waals surface area contributed by atoms with Crippen molar-refractivity contribution in [3.05, 3.63) is 133 Å². The predicted octanol–water partition coefficient (Wildman–Crippen LogP) is 8.62. The van der Waals surface area contributed by atoms with Gasteiger partial charge in [0.25, 0.3) is 0 Å². The number of aromatic nitrogens is 1. The Morgan fingerprint density at radius 2 is 1.23 bits per heavy atom. The summed E-state index contributed by atoms with van der Waals surface area (Å²) < 4.78 is 12.2. The second kappa shape index (κ2) is 9.20. The first-order valence-electron chi connectivity index (χ1n) is 11.5. The molecule has 1 aliphatic heterocycles. The molecule has 4 aromatic carbocycles. The summed E-state index contributed by atoms with van der Waals surface area (Å²) in [5, 5.41) is 0. The quantitative estimate of drug-likeness (QED) is 0.261. The smallest absolute Gasteiger partial charge is 0.219 e. The lowest BCUT2D eigenvalue weighted by Gasteiger charge is -2.27. The second-order valence-electron chi connectivity index (χ2n) is 8.13. The molecule has 1 aromatic heterocycles. The van der Waals surface area contributed by atoms with Crippen LogP contribution in [0.1, 0.15) is 11.1 Å². The number of rotatable bonds is 5. The zero-order valence-corrected chi connectivity index (χ0v) is 18.9. The van der Waals surface area contributed by atoms with E-state index >= 15 is 0 Å². The van der Waals surface area contributed by atoms with Crippen molar-refractivity contribution in [3.63, 3.8) is 0 Å². The van der Waals surface area contributed by atoms with Crippen molar-refractivity contribution in [2.24, 2.45) is 0 Å². The highest BCUT2D eigenvalue weighted by atomic mass is 16.5.